The van der Waals surface area contributed by atoms with E-state index in [4.69, 9.17) is 12.2 Å². The first-order valence-electron chi connectivity index (χ1n) is 7.21. The molecule has 2 aromatic rings. The summed E-state index contributed by atoms with van der Waals surface area (Å²) in [6, 6.07) is 4.86. The maximum Gasteiger partial charge on any atom is 0.387 e. The Kier molecular flexibility index (Phi) is 6.50. The maximum absolute atomic E-state index is 12.5. The summed E-state index contributed by atoms with van der Waals surface area (Å²) in [4.78, 5) is 0. The quantitative estimate of drug-likeness (QED) is 0.692. The Morgan fingerprint density at radius 3 is 2.88 bits per heavy atom. The van der Waals surface area contributed by atoms with Crippen LogP contribution in [0.2, 0.25) is 0 Å². The van der Waals surface area contributed by atoms with E-state index in [0.717, 1.165) is 22.3 Å². The van der Waals surface area contributed by atoms with E-state index < -0.39 is 6.61 Å². The minimum absolute atomic E-state index is 0.0412. The average molecular weight is 419 g/mol. The molecule has 0 fully saturated rings. The largest absolute Gasteiger partial charge is 0.433 e. The van der Waals surface area contributed by atoms with Gasteiger partial charge in [0, 0.05) is 6.54 Å². The van der Waals surface area contributed by atoms with Gasteiger partial charge in [-0.15, -0.1) is 0 Å². The fourth-order valence-electron chi connectivity index (χ4n) is 2.11. The molecule has 0 spiro atoms. The van der Waals surface area contributed by atoms with Crippen LogP contribution in [0, 0.1) is 6.92 Å². The summed E-state index contributed by atoms with van der Waals surface area (Å²) in [7, 11) is 0. The fraction of sp³-hybridized carbons (Fsp3) is 0.333. The van der Waals surface area contributed by atoms with Gasteiger partial charge in [-0.1, -0.05) is 6.07 Å². The summed E-state index contributed by atoms with van der Waals surface area (Å²) in [5, 5.41) is 10.4. The van der Waals surface area contributed by atoms with E-state index in [9.17, 15) is 8.78 Å². The minimum Gasteiger partial charge on any atom is -0.433 e. The summed E-state index contributed by atoms with van der Waals surface area (Å²) in [6.45, 7) is 2.11. The first-order chi connectivity index (χ1) is 11.4. The molecule has 1 aromatic heterocycles. The second-order valence-corrected chi connectivity index (χ2v) is 6.20. The number of rotatable bonds is 6. The molecule has 0 unspecified atom stereocenters. The molecule has 2 N–H and O–H groups in total. The van der Waals surface area contributed by atoms with Gasteiger partial charge < -0.3 is 15.4 Å². The van der Waals surface area contributed by atoms with E-state index in [1.807, 2.05) is 18.5 Å². The molecule has 0 saturated heterocycles. The standard InChI is InChI=1S/C15H17BrF2N4OS/c1-3-22-12(10(16)7-20-22)8-19-15(24)21-11-6-9(2)4-5-13(11)23-14(17)18/h4-7,14H,3,8H2,1-2H3,(H2,19,21,24). The number of hydrogen-bond acceptors (Lipinski definition) is 3. The Morgan fingerprint density at radius 1 is 1.46 bits per heavy atom. The van der Waals surface area contributed by atoms with Crippen molar-refractivity contribution in [3.63, 3.8) is 0 Å². The first-order valence-corrected chi connectivity index (χ1v) is 8.41. The van der Waals surface area contributed by atoms with Crippen LogP contribution in [-0.4, -0.2) is 21.5 Å². The van der Waals surface area contributed by atoms with E-state index in [-0.39, 0.29) is 5.75 Å². The molecule has 0 atom stereocenters. The van der Waals surface area contributed by atoms with Crippen LogP contribution in [0.15, 0.2) is 28.9 Å². The highest BCUT2D eigenvalue weighted by atomic mass is 79.9. The number of nitrogens with zero attached hydrogens (tertiary/aromatic N) is 2. The van der Waals surface area contributed by atoms with Crippen LogP contribution in [-0.2, 0) is 13.1 Å². The summed E-state index contributed by atoms with van der Waals surface area (Å²) in [5.41, 5.74) is 2.22. The number of anilines is 1. The van der Waals surface area contributed by atoms with Gasteiger partial charge in [0.05, 0.1) is 28.6 Å². The topological polar surface area (TPSA) is 51.1 Å². The molecule has 130 valence electrons. The van der Waals surface area contributed by atoms with E-state index in [1.165, 1.54) is 6.07 Å². The van der Waals surface area contributed by atoms with E-state index >= 15 is 0 Å². The lowest BCUT2D eigenvalue weighted by atomic mass is 10.2. The number of aromatic nitrogens is 2. The Balaban J connectivity index is 2.04. The predicted octanol–water partition coefficient (Wildman–Crippen LogP) is 4.06. The van der Waals surface area contributed by atoms with Crippen LogP contribution >= 0.6 is 28.1 Å². The molecule has 0 saturated carbocycles. The molecule has 1 aromatic carbocycles. The molecule has 0 aliphatic rings. The monoisotopic (exact) mass is 418 g/mol. The molecule has 9 heteroatoms. The van der Waals surface area contributed by atoms with Crippen LogP contribution in [0.5, 0.6) is 5.75 Å². The number of aryl methyl sites for hydroxylation is 2. The second-order valence-electron chi connectivity index (χ2n) is 4.94. The normalized spacial score (nSPS) is 10.8. The van der Waals surface area contributed by atoms with Crippen molar-refractivity contribution in [3.05, 3.63) is 40.1 Å². The molecular formula is C15H17BrF2N4OS. The number of alkyl halides is 2. The van der Waals surface area contributed by atoms with Gasteiger partial charge >= 0.3 is 6.61 Å². The first kappa shape index (κ1) is 18.6. The smallest absolute Gasteiger partial charge is 0.387 e. The minimum atomic E-state index is -2.90. The fourth-order valence-corrected chi connectivity index (χ4v) is 2.73. The van der Waals surface area contributed by atoms with Crippen molar-refractivity contribution in [3.8, 4) is 5.75 Å². The number of thiocarbonyl (C=S) groups is 1. The van der Waals surface area contributed by atoms with Crippen LogP contribution in [0.1, 0.15) is 18.2 Å². The van der Waals surface area contributed by atoms with Crippen molar-refractivity contribution < 1.29 is 13.5 Å². The van der Waals surface area contributed by atoms with Gasteiger partial charge in [0.1, 0.15) is 5.75 Å². The third kappa shape index (κ3) is 4.88. The van der Waals surface area contributed by atoms with Gasteiger partial charge in [-0.3, -0.25) is 4.68 Å². The van der Waals surface area contributed by atoms with Crippen molar-refractivity contribution in [2.24, 2.45) is 0 Å². The van der Waals surface area contributed by atoms with Gasteiger partial charge in [-0.2, -0.15) is 13.9 Å². The number of nitrogens with one attached hydrogen (secondary N) is 2. The molecule has 0 radical (unpaired) electrons. The van der Waals surface area contributed by atoms with Crippen molar-refractivity contribution in [1.29, 1.82) is 0 Å². The van der Waals surface area contributed by atoms with E-state index in [1.54, 1.807) is 18.3 Å². The number of benzene rings is 1. The summed E-state index contributed by atoms with van der Waals surface area (Å²) < 4.78 is 32.2. The molecular weight excluding hydrogens is 402 g/mol. The lowest BCUT2D eigenvalue weighted by Crippen LogP contribution is -2.29. The third-order valence-corrected chi connectivity index (χ3v) is 4.12. The Labute approximate surface area is 152 Å². The van der Waals surface area contributed by atoms with Gasteiger partial charge in [0.2, 0.25) is 0 Å². The maximum atomic E-state index is 12.5. The predicted molar refractivity (Wildman–Crippen MR) is 96.5 cm³/mol. The number of ether oxygens (including phenoxy) is 1. The van der Waals surface area contributed by atoms with Crippen LogP contribution in [0.4, 0.5) is 14.5 Å². The zero-order chi connectivity index (χ0) is 17.7. The zero-order valence-corrected chi connectivity index (χ0v) is 15.5. The highest BCUT2D eigenvalue weighted by Crippen LogP contribution is 2.27. The lowest BCUT2D eigenvalue weighted by Gasteiger charge is -2.15. The number of hydrogen-bond donors (Lipinski definition) is 2. The molecule has 0 amide bonds. The summed E-state index contributed by atoms with van der Waals surface area (Å²) >= 11 is 8.67. The van der Waals surface area contributed by atoms with E-state index in [0.29, 0.717) is 17.3 Å². The second kappa shape index (κ2) is 8.39. The SMILES string of the molecule is CCn1ncc(Br)c1CNC(=S)Nc1cc(C)ccc1OC(F)F. The lowest BCUT2D eigenvalue weighted by molar-refractivity contribution is -0.0493. The van der Waals surface area contributed by atoms with Crippen LogP contribution < -0.4 is 15.4 Å². The molecule has 0 bridgehead atoms. The van der Waals surface area contributed by atoms with Crippen LogP contribution in [0.3, 0.4) is 0 Å². The summed E-state index contributed by atoms with van der Waals surface area (Å²) in [5.74, 6) is 0.0412. The Hall–Kier alpha value is -1.74. The van der Waals surface area contributed by atoms with Crippen molar-refractivity contribution in [2.75, 3.05) is 5.32 Å². The molecule has 24 heavy (non-hydrogen) atoms. The third-order valence-electron chi connectivity index (χ3n) is 3.21. The highest BCUT2D eigenvalue weighted by Gasteiger charge is 2.12. The molecule has 5 nitrogen and oxygen atoms in total. The van der Waals surface area contributed by atoms with Crippen molar-refractivity contribution in [2.45, 2.75) is 33.5 Å². The molecule has 0 aliphatic carbocycles. The van der Waals surface area contributed by atoms with Gasteiger partial charge in [-0.25, -0.2) is 0 Å². The molecule has 2 rings (SSSR count). The Bertz CT molecular complexity index is 723. The van der Waals surface area contributed by atoms with Gasteiger partial charge in [0.15, 0.2) is 5.11 Å². The average Bonchev–Trinajstić information content (AvgIpc) is 2.87. The van der Waals surface area contributed by atoms with Crippen molar-refractivity contribution >= 4 is 38.9 Å². The molecule has 1 heterocycles. The zero-order valence-electron chi connectivity index (χ0n) is 13.1. The van der Waals surface area contributed by atoms with Crippen LogP contribution in [0.25, 0.3) is 0 Å². The number of halogens is 3. The Morgan fingerprint density at radius 2 is 2.21 bits per heavy atom. The summed E-state index contributed by atoms with van der Waals surface area (Å²) in [6.07, 6.45) is 1.71. The molecule has 0 aliphatic heterocycles. The van der Waals surface area contributed by atoms with Gasteiger partial charge in [0.25, 0.3) is 0 Å². The highest BCUT2D eigenvalue weighted by molar-refractivity contribution is 9.10. The van der Waals surface area contributed by atoms with E-state index in [2.05, 4.69) is 36.4 Å². The van der Waals surface area contributed by atoms with Crippen molar-refractivity contribution in [1.82, 2.24) is 15.1 Å². The van der Waals surface area contributed by atoms with Gasteiger partial charge in [-0.05, 0) is 59.7 Å².